The number of nitro benzene ring substituents is 1. The summed E-state index contributed by atoms with van der Waals surface area (Å²) < 4.78 is 27.2. The van der Waals surface area contributed by atoms with Gasteiger partial charge in [-0.25, -0.2) is 13.6 Å². The van der Waals surface area contributed by atoms with Gasteiger partial charge in [-0.05, 0) is 6.07 Å². The summed E-state index contributed by atoms with van der Waals surface area (Å²) in [6.07, 6.45) is 0. The fraction of sp³-hybridized carbons (Fsp3) is 0.125. The summed E-state index contributed by atoms with van der Waals surface area (Å²) in [7, 11) is -3.20. The molecule has 1 rings (SSSR count). The van der Waals surface area contributed by atoms with Gasteiger partial charge in [0, 0.05) is 6.07 Å². The molecule has 1 aromatic rings. The highest BCUT2D eigenvalue weighted by molar-refractivity contribution is 7.89. The lowest BCUT2D eigenvalue weighted by Gasteiger charge is -2.07. The van der Waals surface area contributed by atoms with Gasteiger partial charge in [0.25, 0.3) is 5.69 Å². The van der Waals surface area contributed by atoms with E-state index < -0.39 is 25.5 Å². The number of nitro groups is 1. The van der Waals surface area contributed by atoms with Crippen molar-refractivity contribution in [3.05, 3.63) is 27.8 Å². The van der Waals surface area contributed by atoms with Crippen molar-refractivity contribution in [3.8, 4) is 11.8 Å². The largest absolute Gasteiger partial charge is 0.495 e. The molecule has 0 aliphatic heterocycles. The van der Waals surface area contributed by atoms with E-state index in [4.69, 9.17) is 15.1 Å². The third-order valence-corrected chi connectivity index (χ3v) is 2.84. The van der Waals surface area contributed by atoms with Crippen molar-refractivity contribution >= 4 is 15.7 Å². The van der Waals surface area contributed by atoms with Gasteiger partial charge in [-0.2, -0.15) is 5.26 Å². The molecule has 9 heteroatoms. The van der Waals surface area contributed by atoms with Gasteiger partial charge in [-0.3, -0.25) is 10.1 Å². The molecule has 90 valence electrons. The second-order valence-corrected chi connectivity index (χ2v) is 4.44. The van der Waals surface area contributed by atoms with E-state index in [1.54, 1.807) is 6.07 Å². The Bertz CT molecular complexity index is 617. The second-order valence-electron chi connectivity index (χ2n) is 2.94. The van der Waals surface area contributed by atoms with Crippen LogP contribution in [0, 0.1) is 21.4 Å². The number of hydrogen-bond donors (Lipinski definition) is 1. The molecule has 0 aromatic heterocycles. The summed E-state index contributed by atoms with van der Waals surface area (Å²) in [5.74, 6) is -0.335. The molecule has 0 saturated heterocycles. The molecule has 0 atom stereocenters. The maximum Gasteiger partial charge on any atom is 0.294 e. The molecule has 0 unspecified atom stereocenters. The standard InChI is InChI=1S/C8H7N3O5S/c1-16-7-3-5(4-9)2-6(11(12)13)8(7)17(10,14)15/h2-3H,1H3,(H2,10,14,15). The van der Waals surface area contributed by atoms with Gasteiger partial charge in [-0.15, -0.1) is 0 Å². The van der Waals surface area contributed by atoms with Crippen molar-refractivity contribution in [2.45, 2.75) is 4.90 Å². The fourth-order valence-electron chi connectivity index (χ4n) is 1.23. The van der Waals surface area contributed by atoms with Crippen LogP contribution in [0.2, 0.25) is 0 Å². The Morgan fingerprint density at radius 1 is 1.53 bits per heavy atom. The van der Waals surface area contributed by atoms with E-state index in [0.717, 1.165) is 19.2 Å². The fourth-order valence-corrected chi connectivity index (χ4v) is 2.07. The van der Waals surface area contributed by atoms with Crippen molar-refractivity contribution in [3.63, 3.8) is 0 Å². The van der Waals surface area contributed by atoms with Crippen LogP contribution >= 0.6 is 0 Å². The number of primary sulfonamides is 1. The predicted molar refractivity (Wildman–Crippen MR) is 55.7 cm³/mol. The topological polar surface area (TPSA) is 136 Å². The summed E-state index contributed by atoms with van der Waals surface area (Å²) in [6.45, 7) is 0. The first-order valence-corrected chi connectivity index (χ1v) is 5.65. The minimum Gasteiger partial charge on any atom is -0.495 e. The molecule has 0 radical (unpaired) electrons. The average molecular weight is 257 g/mol. The lowest BCUT2D eigenvalue weighted by Crippen LogP contribution is -2.15. The Morgan fingerprint density at radius 2 is 2.12 bits per heavy atom. The van der Waals surface area contributed by atoms with Crippen LogP contribution in [-0.2, 0) is 10.0 Å². The van der Waals surface area contributed by atoms with Crippen LogP contribution in [0.3, 0.4) is 0 Å². The molecule has 2 N–H and O–H groups in total. The number of benzene rings is 1. The molecule has 0 aliphatic carbocycles. The maximum atomic E-state index is 11.2. The summed E-state index contributed by atoms with van der Waals surface area (Å²) >= 11 is 0. The van der Waals surface area contributed by atoms with E-state index >= 15 is 0 Å². The summed E-state index contributed by atoms with van der Waals surface area (Å²) in [5, 5.41) is 24.2. The maximum absolute atomic E-state index is 11.2. The molecule has 8 nitrogen and oxygen atoms in total. The summed E-state index contributed by atoms with van der Waals surface area (Å²) in [5.41, 5.74) is -0.885. The molecule has 17 heavy (non-hydrogen) atoms. The number of sulfonamides is 1. The Morgan fingerprint density at radius 3 is 2.47 bits per heavy atom. The Hall–Kier alpha value is -2.18. The number of rotatable bonds is 3. The van der Waals surface area contributed by atoms with E-state index in [1.165, 1.54) is 0 Å². The Balaban J connectivity index is 3.79. The normalized spacial score (nSPS) is 10.6. The molecule has 0 aliphatic rings. The zero-order valence-electron chi connectivity index (χ0n) is 8.58. The number of nitrogens with zero attached hydrogens (tertiary/aromatic N) is 2. The Labute approximate surface area is 96.4 Å². The first-order chi connectivity index (χ1) is 7.81. The summed E-state index contributed by atoms with van der Waals surface area (Å²) in [6, 6.07) is 3.54. The minimum absolute atomic E-state index is 0.0963. The third-order valence-electron chi connectivity index (χ3n) is 1.87. The molecular formula is C8H7N3O5S. The van der Waals surface area contributed by atoms with Crippen molar-refractivity contribution in [2.24, 2.45) is 5.14 Å². The van der Waals surface area contributed by atoms with Gasteiger partial charge in [0.1, 0.15) is 5.75 Å². The lowest BCUT2D eigenvalue weighted by atomic mass is 10.2. The van der Waals surface area contributed by atoms with Gasteiger partial charge in [0.05, 0.1) is 23.7 Å². The van der Waals surface area contributed by atoms with Crippen molar-refractivity contribution < 1.29 is 18.1 Å². The zero-order valence-corrected chi connectivity index (χ0v) is 9.39. The van der Waals surface area contributed by atoms with Crippen molar-refractivity contribution in [1.82, 2.24) is 0 Å². The number of methoxy groups -OCH3 is 1. The predicted octanol–water partition coefficient (Wildman–Crippen LogP) is 0.122. The van der Waals surface area contributed by atoms with Crippen LogP contribution in [0.1, 0.15) is 5.56 Å². The highest BCUT2D eigenvalue weighted by Gasteiger charge is 2.28. The SMILES string of the molecule is COc1cc(C#N)cc([N+](=O)[O-])c1S(N)(=O)=O. The van der Waals surface area contributed by atoms with E-state index in [-0.39, 0.29) is 11.3 Å². The number of hydrogen-bond acceptors (Lipinski definition) is 6. The highest BCUT2D eigenvalue weighted by Crippen LogP contribution is 2.33. The molecule has 0 bridgehead atoms. The second kappa shape index (κ2) is 4.36. The zero-order chi connectivity index (χ0) is 13.2. The van der Waals surface area contributed by atoms with Gasteiger partial charge in [0.15, 0.2) is 0 Å². The molecule has 0 fully saturated rings. The first-order valence-electron chi connectivity index (χ1n) is 4.10. The number of ether oxygens (including phenoxy) is 1. The van der Waals surface area contributed by atoms with Gasteiger partial charge < -0.3 is 4.74 Å². The Kier molecular flexibility index (Phi) is 3.31. The van der Waals surface area contributed by atoms with E-state index in [9.17, 15) is 18.5 Å². The van der Waals surface area contributed by atoms with E-state index in [0.29, 0.717) is 0 Å². The monoisotopic (exact) mass is 257 g/mol. The van der Waals surface area contributed by atoms with Crippen LogP contribution in [-0.4, -0.2) is 20.5 Å². The highest BCUT2D eigenvalue weighted by atomic mass is 32.2. The van der Waals surface area contributed by atoms with Crippen LogP contribution in [0.4, 0.5) is 5.69 Å². The van der Waals surface area contributed by atoms with Gasteiger partial charge in [0.2, 0.25) is 14.9 Å². The molecule has 0 spiro atoms. The summed E-state index contributed by atoms with van der Waals surface area (Å²) in [4.78, 5) is 9.04. The van der Waals surface area contributed by atoms with Crippen LogP contribution in [0.5, 0.6) is 5.75 Å². The quantitative estimate of drug-likeness (QED) is 0.603. The first kappa shape index (κ1) is 12.9. The minimum atomic E-state index is -4.32. The van der Waals surface area contributed by atoms with Crippen LogP contribution in [0.25, 0.3) is 0 Å². The van der Waals surface area contributed by atoms with Gasteiger partial charge in [-0.1, -0.05) is 0 Å². The molecule has 0 saturated carbocycles. The number of nitrogens with two attached hydrogens (primary N) is 1. The third kappa shape index (κ3) is 2.49. The number of nitriles is 1. The van der Waals surface area contributed by atoms with Crippen LogP contribution < -0.4 is 9.88 Å². The average Bonchev–Trinajstić information content (AvgIpc) is 2.25. The molecular weight excluding hydrogens is 250 g/mol. The van der Waals surface area contributed by atoms with Gasteiger partial charge >= 0.3 is 0 Å². The van der Waals surface area contributed by atoms with E-state index in [1.807, 2.05) is 0 Å². The molecule has 1 aromatic carbocycles. The smallest absolute Gasteiger partial charge is 0.294 e. The lowest BCUT2D eigenvalue weighted by molar-refractivity contribution is -0.388. The van der Waals surface area contributed by atoms with E-state index in [2.05, 4.69) is 0 Å². The van der Waals surface area contributed by atoms with Crippen molar-refractivity contribution in [2.75, 3.05) is 7.11 Å². The molecule has 0 amide bonds. The molecule has 0 heterocycles. The van der Waals surface area contributed by atoms with Crippen LogP contribution in [0.15, 0.2) is 17.0 Å². The van der Waals surface area contributed by atoms with Crippen molar-refractivity contribution in [1.29, 1.82) is 5.26 Å².